The number of halogens is 1. The normalized spacial score (nSPS) is 10.2. The molecule has 116 valence electrons. The van der Waals surface area contributed by atoms with Crippen LogP contribution in [0.15, 0.2) is 36.4 Å². The summed E-state index contributed by atoms with van der Waals surface area (Å²) in [5.41, 5.74) is 0.564. The third kappa shape index (κ3) is 7.76. The van der Waals surface area contributed by atoms with Gasteiger partial charge < -0.3 is 9.47 Å². The number of esters is 1. The van der Waals surface area contributed by atoms with Crippen LogP contribution < -0.4 is 4.74 Å². The van der Waals surface area contributed by atoms with Gasteiger partial charge in [0.15, 0.2) is 0 Å². The molecule has 0 bridgehead atoms. The van der Waals surface area contributed by atoms with Crippen LogP contribution in [0.1, 0.15) is 39.0 Å². The first-order valence-corrected chi connectivity index (χ1v) is 7.74. The number of carbonyl (C=O) groups is 1. The first-order valence-electron chi connectivity index (χ1n) is 7.36. The van der Waals surface area contributed by atoms with E-state index in [4.69, 9.17) is 21.1 Å². The van der Waals surface area contributed by atoms with Crippen molar-refractivity contribution in [2.45, 2.75) is 39.0 Å². The molecule has 0 radical (unpaired) electrons. The maximum Gasteiger partial charge on any atom is 0.333 e. The van der Waals surface area contributed by atoms with Crippen LogP contribution in [0.2, 0.25) is 5.02 Å². The molecular weight excluding hydrogens is 288 g/mol. The second-order valence-electron chi connectivity index (χ2n) is 4.79. The van der Waals surface area contributed by atoms with Gasteiger partial charge >= 0.3 is 5.97 Å². The van der Waals surface area contributed by atoms with E-state index in [2.05, 4.69) is 6.58 Å². The highest BCUT2D eigenvalue weighted by molar-refractivity contribution is 6.30. The Balaban J connectivity index is 2.01. The van der Waals surface area contributed by atoms with E-state index in [-0.39, 0.29) is 5.97 Å². The summed E-state index contributed by atoms with van der Waals surface area (Å²) < 4.78 is 10.5. The minimum Gasteiger partial charge on any atom is -0.494 e. The zero-order valence-electron chi connectivity index (χ0n) is 12.6. The van der Waals surface area contributed by atoms with E-state index in [1.807, 2.05) is 24.3 Å². The van der Waals surface area contributed by atoms with E-state index in [1.165, 1.54) is 0 Å². The number of hydrogen-bond donors (Lipinski definition) is 0. The van der Waals surface area contributed by atoms with Gasteiger partial charge in [0, 0.05) is 10.6 Å². The van der Waals surface area contributed by atoms with Crippen molar-refractivity contribution in [2.24, 2.45) is 0 Å². The summed E-state index contributed by atoms with van der Waals surface area (Å²) >= 11 is 5.80. The molecule has 0 aliphatic carbocycles. The Morgan fingerprint density at radius 1 is 1.14 bits per heavy atom. The van der Waals surface area contributed by atoms with Crippen molar-refractivity contribution in [3.05, 3.63) is 41.4 Å². The van der Waals surface area contributed by atoms with Crippen molar-refractivity contribution in [1.82, 2.24) is 0 Å². The Hall–Kier alpha value is -1.48. The molecule has 1 aromatic carbocycles. The lowest BCUT2D eigenvalue weighted by Gasteiger charge is -2.07. The van der Waals surface area contributed by atoms with E-state index in [0.717, 1.165) is 31.4 Å². The summed E-state index contributed by atoms with van der Waals surface area (Å²) in [6.45, 7) is 6.64. The third-order valence-corrected chi connectivity index (χ3v) is 3.27. The van der Waals surface area contributed by atoms with E-state index >= 15 is 0 Å². The first kappa shape index (κ1) is 17.6. The topological polar surface area (TPSA) is 35.5 Å². The van der Waals surface area contributed by atoms with Gasteiger partial charge in [-0.15, -0.1) is 0 Å². The van der Waals surface area contributed by atoms with Crippen LogP contribution >= 0.6 is 11.6 Å². The highest BCUT2D eigenvalue weighted by Crippen LogP contribution is 2.16. The second-order valence-corrected chi connectivity index (χ2v) is 5.23. The maximum atomic E-state index is 11.3. The molecule has 0 saturated heterocycles. The molecule has 0 fully saturated rings. The van der Waals surface area contributed by atoms with Gasteiger partial charge in [-0.2, -0.15) is 0 Å². The summed E-state index contributed by atoms with van der Waals surface area (Å²) in [7, 11) is 0. The number of unbranched alkanes of at least 4 members (excludes halogenated alkanes) is 3. The molecule has 0 spiro atoms. The van der Waals surface area contributed by atoms with Crippen LogP contribution in [0.3, 0.4) is 0 Å². The highest BCUT2D eigenvalue weighted by atomic mass is 35.5. The molecule has 0 aliphatic heterocycles. The molecule has 1 aromatic rings. The smallest absolute Gasteiger partial charge is 0.333 e. The molecule has 0 heterocycles. The van der Waals surface area contributed by atoms with Gasteiger partial charge in [-0.05, 0) is 50.5 Å². The fourth-order valence-electron chi connectivity index (χ4n) is 1.85. The predicted molar refractivity (Wildman–Crippen MR) is 85.8 cm³/mol. The number of ether oxygens (including phenoxy) is 2. The van der Waals surface area contributed by atoms with Crippen LogP contribution in [0.4, 0.5) is 0 Å². The number of rotatable bonds is 10. The minimum atomic E-state index is -0.274. The molecule has 0 aliphatic rings. The van der Waals surface area contributed by atoms with Gasteiger partial charge in [-0.1, -0.05) is 31.0 Å². The molecule has 0 N–H and O–H groups in total. The van der Waals surface area contributed by atoms with Crippen LogP contribution in [-0.2, 0) is 9.53 Å². The summed E-state index contributed by atoms with van der Waals surface area (Å²) in [4.78, 5) is 11.3. The lowest BCUT2D eigenvalue weighted by atomic mass is 10.1. The minimum absolute atomic E-state index is 0.274. The summed E-state index contributed by atoms with van der Waals surface area (Å²) in [5, 5.41) is 0.712. The third-order valence-electron chi connectivity index (χ3n) is 3.02. The molecule has 0 saturated carbocycles. The van der Waals surface area contributed by atoms with E-state index < -0.39 is 0 Å². The Kier molecular flexibility index (Phi) is 8.60. The highest BCUT2D eigenvalue weighted by Gasteiger charge is 2.06. The number of benzene rings is 1. The molecule has 4 heteroatoms. The monoisotopic (exact) mass is 310 g/mol. The van der Waals surface area contributed by atoms with Gasteiger partial charge in [0.25, 0.3) is 0 Å². The summed E-state index contributed by atoms with van der Waals surface area (Å²) in [6, 6.07) is 7.37. The summed E-state index contributed by atoms with van der Waals surface area (Å²) in [5.74, 6) is 0.568. The van der Waals surface area contributed by atoms with Crippen LogP contribution in [0.5, 0.6) is 5.75 Å². The van der Waals surface area contributed by atoms with E-state index in [1.54, 1.807) is 6.92 Å². The molecule has 0 atom stereocenters. The van der Waals surface area contributed by atoms with Crippen LogP contribution in [0, 0.1) is 0 Å². The largest absolute Gasteiger partial charge is 0.494 e. The van der Waals surface area contributed by atoms with Crippen molar-refractivity contribution in [3.63, 3.8) is 0 Å². The van der Waals surface area contributed by atoms with Crippen molar-refractivity contribution < 1.29 is 14.3 Å². The van der Waals surface area contributed by atoms with E-state index in [9.17, 15) is 4.79 Å². The SMILES string of the molecule is C=C(CCCCCCOc1ccc(Cl)cc1)C(=O)OCC. The Morgan fingerprint density at radius 3 is 2.48 bits per heavy atom. The van der Waals surface area contributed by atoms with Crippen molar-refractivity contribution >= 4 is 17.6 Å². The first-order chi connectivity index (χ1) is 10.1. The fraction of sp³-hybridized carbons (Fsp3) is 0.471. The zero-order chi connectivity index (χ0) is 15.5. The predicted octanol–water partition coefficient (Wildman–Crippen LogP) is 4.79. The van der Waals surface area contributed by atoms with Gasteiger partial charge in [0.2, 0.25) is 0 Å². The molecular formula is C17H23ClO3. The average Bonchev–Trinajstić information content (AvgIpc) is 2.48. The van der Waals surface area contributed by atoms with Gasteiger partial charge in [-0.25, -0.2) is 4.79 Å². The second kappa shape index (κ2) is 10.3. The van der Waals surface area contributed by atoms with Gasteiger partial charge in [0.05, 0.1) is 13.2 Å². The quantitative estimate of drug-likeness (QED) is 0.354. The molecule has 3 nitrogen and oxygen atoms in total. The molecule has 1 rings (SSSR count). The standard InChI is InChI=1S/C17H23ClO3/c1-3-20-17(19)14(2)8-6-4-5-7-13-21-16-11-9-15(18)10-12-16/h9-12H,2-8,13H2,1H3. The van der Waals surface area contributed by atoms with Crippen molar-refractivity contribution in [1.29, 1.82) is 0 Å². The Bertz CT molecular complexity index is 440. The van der Waals surface area contributed by atoms with Gasteiger partial charge in [0.1, 0.15) is 5.75 Å². The number of hydrogen-bond acceptors (Lipinski definition) is 3. The lowest BCUT2D eigenvalue weighted by molar-refractivity contribution is -0.138. The van der Waals surface area contributed by atoms with Crippen molar-refractivity contribution in [3.8, 4) is 5.75 Å². The number of carbonyl (C=O) groups excluding carboxylic acids is 1. The molecule has 21 heavy (non-hydrogen) atoms. The van der Waals surface area contributed by atoms with Crippen molar-refractivity contribution in [2.75, 3.05) is 13.2 Å². The lowest BCUT2D eigenvalue weighted by Crippen LogP contribution is -2.06. The molecule has 0 unspecified atom stereocenters. The zero-order valence-corrected chi connectivity index (χ0v) is 13.3. The maximum absolute atomic E-state index is 11.3. The fourth-order valence-corrected chi connectivity index (χ4v) is 1.98. The van der Waals surface area contributed by atoms with Crippen LogP contribution in [0.25, 0.3) is 0 Å². The molecule has 0 amide bonds. The van der Waals surface area contributed by atoms with Crippen LogP contribution in [-0.4, -0.2) is 19.2 Å². The summed E-state index contributed by atoms with van der Waals surface area (Å²) in [6.07, 6.45) is 4.79. The average molecular weight is 311 g/mol. The Labute approximate surface area is 131 Å². The Morgan fingerprint density at radius 2 is 1.81 bits per heavy atom. The van der Waals surface area contributed by atoms with Gasteiger partial charge in [-0.3, -0.25) is 0 Å². The molecule has 0 aromatic heterocycles. The van der Waals surface area contributed by atoms with E-state index in [0.29, 0.717) is 30.2 Å².